The first-order valence-electron chi connectivity index (χ1n) is 4.83. The van der Waals surface area contributed by atoms with E-state index in [1.807, 2.05) is 0 Å². The second-order valence-electron chi connectivity index (χ2n) is 3.96. The molecule has 0 fully saturated rings. The van der Waals surface area contributed by atoms with Crippen molar-refractivity contribution in [3.8, 4) is 0 Å². The van der Waals surface area contributed by atoms with Crippen molar-refractivity contribution in [1.82, 2.24) is 4.47 Å². The highest BCUT2D eigenvalue weighted by Gasteiger charge is 2.46. The van der Waals surface area contributed by atoms with Crippen LogP contribution in [0.4, 0.5) is 13.2 Å². The molecule has 1 unspecified atom stereocenters. The van der Waals surface area contributed by atoms with Gasteiger partial charge < -0.3 is 4.74 Å². The summed E-state index contributed by atoms with van der Waals surface area (Å²) in [6, 6.07) is 0. The first kappa shape index (κ1) is 17.8. The number of ether oxygens (including phenoxy) is 1. The van der Waals surface area contributed by atoms with Crippen LogP contribution in [-0.2, 0) is 14.4 Å². The summed E-state index contributed by atoms with van der Waals surface area (Å²) in [4.78, 5) is 15.9. The third-order valence-corrected chi connectivity index (χ3v) is 3.59. The van der Waals surface area contributed by atoms with Crippen LogP contribution >= 0.6 is 23.5 Å². The van der Waals surface area contributed by atoms with Crippen LogP contribution in [0.3, 0.4) is 0 Å². The van der Waals surface area contributed by atoms with E-state index in [4.69, 9.17) is 16.4 Å². The molecule has 0 rings (SSSR count). The lowest BCUT2D eigenvalue weighted by molar-refractivity contribution is -0.152. The minimum atomic E-state index is -3.87. The Kier molecular flexibility index (Phi) is 6.77. The summed E-state index contributed by atoms with van der Waals surface area (Å²) in [6.45, 7) is 2.94. The molecule has 4 nitrogen and oxygen atoms in total. The SMILES string of the molecule is COC(=O)CC(C)(C)N(OC)SC(F)(F)C(F)Cl. The lowest BCUT2D eigenvalue weighted by Crippen LogP contribution is -2.43. The number of hydrogen-bond acceptors (Lipinski definition) is 5. The Morgan fingerprint density at radius 2 is 1.94 bits per heavy atom. The topological polar surface area (TPSA) is 38.8 Å². The summed E-state index contributed by atoms with van der Waals surface area (Å²) in [6.07, 6.45) is -0.209. The zero-order valence-electron chi connectivity index (χ0n) is 10.4. The Bertz CT molecular complexity index is 292. The number of alkyl halides is 4. The lowest BCUT2D eigenvalue weighted by Gasteiger charge is -2.36. The van der Waals surface area contributed by atoms with E-state index in [-0.39, 0.29) is 18.4 Å². The molecular formula is C9H15ClF3NO3S. The summed E-state index contributed by atoms with van der Waals surface area (Å²) in [5.41, 5.74) is -3.99. The van der Waals surface area contributed by atoms with E-state index in [2.05, 4.69) is 4.74 Å². The molecule has 0 N–H and O–H groups in total. The monoisotopic (exact) mass is 309 g/mol. The predicted molar refractivity (Wildman–Crippen MR) is 62.8 cm³/mol. The molecule has 0 aliphatic rings. The van der Waals surface area contributed by atoms with Crippen molar-refractivity contribution in [1.29, 1.82) is 0 Å². The van der Waals surface area contributed by atoms with Crippen molar-refractivity contribution in [2.24, 2.45) is 0 Å². The van der Waals surface area contributed by atoms with Crippen LogP contribution in [0.1, 0.15) is 20.3 Å². The van der Waals surface area contributed by atoms with Gasteiger partial charge >= 0.3 is 11.2 Å². The van der Waals surface area contributed by atoms with Gasteiger partial charge in [-0.3, -0.25) is 9.63 Å². The quantitative estimate of drug-likeness (QED) is 0.313. The molecule has 0 saturated heterocycles. The second kappa shape index (κ2) is 6.83. The normalized spacial score (nSPS) is 14.7. The number of nitrogens with zero attached hydrogens (tertiary/aromatic N) is 1. The minimum Gasteiger partial charge on any atom is -0.469 e. The molecule has 0 heterocycles. The van der Waals surface area contributed by atoms with Crippen molar-refractivity contribution < 1.29 is 27.5 Å². The molecule has 108 valence electrons. The van der Waals surface area contributed by atoms with Gasteiger partial charge in [-0.05, 0) is 13.8 Å². The van der Waals surface area contributed by atoms with Gasteiger partial charge in [0.1, 0.15) is 0 Å². The number of carbonyl (C=O) groups excluding carboxylic acids is 1. The van der Waals surface area contributed by atoms with Gasteiger partial charge in [0.25, 0.3) is 0 Å². The van der Waals surface area contributed by atoms with E-state index in [0.29, 0.717) is 0 Å². The van der Waals surface area contributed by atoms with Gasteiger partial charge in [0.2, 0.25) is 5.63 Å². The Hall–Kier alpha value is -0.180. The van der Waals surface area contributed by atoms with Crippen LogP contribution in [0.2, 0.25) is 0 Å². The highest BCUT2D eigenvalue weighted by Crippen LogP contribution is 2.42. The minimum absolute atomic E-state index is 0.209. The van der Waals surface area contributed by atoms with Crippen molar-refractivity contribution >= 4 is 29.5 Å². The molecule has 0 radical (unpaired) electrons. The van der Waals surface area contributed by atoms with Gasteiger partial charge in [-0.2, -0.15) is 8.78 Å². The van der Waals surface area contributed by atoms with Crippen LogP contribution in [0.25, 0.3) is 0 Å². The first-order valence-corrected chi connectivity index (χ1v) is 6.04. The maximum atomic E-state index is 13.2. The van der Waals surface area contributed by atoms with E-state index >= 15 is 0 Å². The molecule has 0 saturated carbocycles. The predicted octanol–water partition coefficient (Wildman–Crippen LogP) is 2.97. The third kappa shape index (κ3) is 5.21. The summed E-state index contributed by atoms with van der Waals surface area (Å²) < 4.78 is 44.0. The lowest BCUT2D eigenvalue weighted by atomic mass is 10.0. The fourth-order valence-corrected chi connectivity index (χ4v) is 1.85. The zero-order valence-corrected chi connectivity index (χ0v) is 11.9. The van der Waals surface area contributed by atoms with Gasteiger partial charge in [0.15, 0.2) is 0 Å². The van der Waals surface area contributed by atoms with Crippen LogP contribution in [0.15, 0.2) is 0 Å². The molecular weight excluding hydrogens is 295 g/mol. The molecule has 0 aromatic carbocycles. The summed E-state index contributed by atoms with van der Waals surface area (Å²) >= 11 is 4.52. The van der Waals surface area contributed by atoms with E-state index in [1.54, 1.807) is 0 Å². The molecule has 0 aliphatic carbocycles. The van der Waals surface area contributed by atoms with Gasteiger partial charge in [0.05, 0.1) is 26.2 Å². The van der Waals surface area contributed by atoms with E-state index < -0.39 is 22.4 Å². The molecule has 9 heteroatoms. The summed E-state index contributed by atoms with van der Waals surface area (Å²) in [5.74, 6) is -0.603. The summed E-state index contributed by atoms with van der Waals surface area (Å²) in [5, 5.41) is -3.87. The molecule has 1 atom stereocenters. The number of hydroxylamine groups is 1. The Morgan fingerprint density at radius 1 is 1.44 bits per heavy atom. The number of carbonyl (C=O) groups is 1. The number of halogens is 4. The smallest absolute Gasteiger partial charge is 0.353 e. The van der Waals surface area contributed by atoms with Crippen molar-refractivity contribution in [2.75, 3.05) is 14.2 Å². The standard InChI is InChI=1S/C9H15ClF3NO3S/c1-8(2,5-6(15)16-3)14(17-4)18-9(12,13)7(10)11/h7H,5H2,1-4H3. The molecule has 0 bridgehead atoms. The molecule has 0 aromatic heterocycles. The number of methoxy groups -OCH3 is 1. The Morgan fingerprint density at radius 3 is 2.28 bits per heavy atom. The molecule has 0 aliphatic heterocycles. The van der Waals surface area contributed by atoms with Crippen molar-refractivity contribution in [3.05, 3.63) is 0 Å². The van der Waals surface area contributed by atoms with Gasteiger partial charge in [-0.15, -0.1) is 4.47 Å². The number of hydrogen-bond donors (Lipinski definition) is 0. The molecule has 0 aromatic rings. The first-order chi connectivity index (χ1) is 8.06. The average Bonchev–Trinajstić information content (AvgIpc) is 2.24. The highest BCUT2D eigenvalue weighted by molar-refractivity contribution is 7.98. The molecule has 0 amide bonds. The van der Waals surface area contributed by atoms with Gasteiger partial charge in [-0.1, -0.05) is 11.6 Å². The Labute approximate surface area is 113 Å². The highest BCUT2D eigenvalue weighted by atomic mass is 35.5. The molecule has 0 spiro atoms. The maximum Gasteiger partial charge on any atom is 0.353 e. The van der Waals surface area contributed by atoms with Gasteiger partial charge in [0, 0.05) is 11.9 Å². The Balaban J connectivity index is 4.81. The number of esters is 1. The van der Waals surface area contributed by atoms with Crippen molar-refractivity contribution in [3.63, 3.8) is 0 Å². The van der Waals surface area contributed by atoms with Gasteiger partial charge in [-0.25, -0.2) is 4.39 Å². The van der Waals surface area contributed by atoms with Crippen LogP contribution < -0.4 is 0 Å². The van der Waals surface area contributed by atoms with Crippen molar-refractivity contribution in [2.45, 2.75) is 36.7 Å². The zero-order chi connectivity index (χ0) is 14.6. The fourth-order valence-electron chi connectivity index (χ4n) is 1.05. The van der Waals surface area contributed by atoms with E-state index in [0.717, 1.165) is 11.6 Å². The summed E-state index contributed by atoms with van der Waals surface area (Å²) in [7, 11) is 2.30. The van der Waals surface area contributed by atoms with E-state index in [9.17, 15) is 18.0 Å². The van der Waals surface area contributed by atoms with Crippen LogP contribution in [-0.4, -0.2) is 41.1 Å². The number of rotatable bonds is 7. The average molecular weight is 310 g/mol. The molecule has 18 heavy (non-hydrogen) atoms. The fraction of sp³-hybridized carbons (Fsp3) is 0.889. The third-order valence-electron chi connectivity index (χ3n) is 1.92. The van der Waals surface area contributed by atoms with Crippen LogP contribution in [0.5, 0.6) is 0 Å². The second-order valence-corrected chi connectivity index (χ2v) is 5.40. The largest absolute Gasteiger partial charge is 0.469 e. The van der Waals surface area contributed by atoms with Crippen LogP contribution in [0, 0.1) is 0 Å². The van der Waals surface area contributed by atoms with E-state index in [1.165, 1.54) is 21.0 Å². The maximum absolute atomic E-state index is 13.2.